The number of halogens is 1. The van der Waals surface area contributed by atoms with Crippen LogP contribution in [0.1, 0.15) is 50.1 Å². The van der Waals surface area contributed by atoms with Crippen molar-refractivity contribution in [3.63, 3.8) is 0 Å². The molecule has 0 atom stereocenters. The average Bonchev–Trinajstić information content (AvgIpc) is 3.17. The minimum atomic E-state index is -0.206. The van der Waals surface area contributed by atoms with E-state index in [0.29, 0.717) is 23.4 Å². The molecule has 2 aromatic rings. The topological polar surface area (TPSA) is 42.2 Å². The number of anilines is 1. The smallest absolute Gasteiger partial charge is 0.241 e. The molecule has 0 radical (unpaired) electrons. The Balaban J connectivity index is 1.64. The third kappa shape index (κ3) is 2.69. The summed E-state index contributed by atoms with van der Waals surface area (Å²) < 4.78 is 15.9. The van der Waals surface area contributed by atoms with Crippen molar-refractivity contribution in [2.24, 2.45) is 0 Å². The van der Waals surface area contributed by atoms with Gasteiger partial charge in [0.05, 0.1) is 6.20 Å². The maximum Gasteiger partial charge on any atom is 0.241 e. The Kier molecular flexibility index (Phi) is 3.94. The van der Waals surface area contributed by atoms with Gasteiger partial charge in [0.2, 0.25) is 5.95 Å². The lowest BCUT2D eigenvalue weighted by molar-refractivity contribution is 0.636. The largest absolute Gasteiger partial charge is 0.350 e. The molecule has 2 aliphatic rings. The summed E-state index contributed by atoms with van der Waals surface area (Å²) in [5.41, 5.74) is 1.50. The molecule has 0 aromatic carbocycles. The van der Waals surface area contributed by atoms with Gasteiger partial charge in [-0.2, -0.15) is 11.8 Å². The van der Waals surface area contributed by atoms with Crippen LogP contribution >= 0.6 is 11.8 Å². The van der Waals surface area contributed by atoms with Crippen molar-refractivity contribution in [1.82, 2.24) is 14.6 Å². The monoisotopic (exact) mass is 320 g/mol. The fourth-order valence-electron chi connectivity index (χ4n) is 3.58. The van der Waals surface area contributed by atoms with Gasteiger partial charge >= 0.3 is 0 Å². The Morgan fingerprint density at radius 1 is 1.18 bits per heavy atom. The fourth-order valence-corrected chi connectivity index (χ4v) is 4.69. The Bertz CT molecular complexity index is 659. The van der Waals surface area contributed by atoms with E-state index in [2.05, 4.69) is 15.4 Å². The van der Waals surface area contributed by atoms with Gasteiger partial charge in [0.1, 0.15) is 5.52 Å². The lowest BCUT2D eigenvalue weighted by Gasteiger charge is -2.22. The van der Waals surface area contributed by atoms with Gasteiger partial charge in [0.15, 0.2) is 5.82 Å². The zero-order valence-electron chi connectivity index (χ0n) is 12.6. The minimum absolute atomic E-state index is 0.206. The maximum absolute atomic E-state index is 14.1. The van der Waals surface area contributed by atoms with E-state index < -0.39 is 0 Å². The molecule has 1 aliphatic heterocycles. The maximum atomic E-state index is 14.1. The third-order valence-corrected chi connectivity index (χ3v) is 5.87. The van der Waals surface area contributed by atoms with E-state index in [0.717, 1.165) is 31.4 Å². The molecule has 6 heteroatoms. The third-order valence-electron chi connectivity index (χ3n) is 4.82. The highest BCUT2D eigenvalue weighted by molar-refractivity contribution is 7.99. The predicted molar refractivity (Wildman–Crippen MR) is 88.1 cm³/mol. The van der Waals surface area contributed by atoms with Crippen molar-refractivity contribution in [1.29, 1.82) is 0 Å². The van der Waals surface area contributed by atoms with Gasteiger partial charge < -0.3 is 5.32 Å². The molecule has 2 aromatic heterocycles. The molecule has 4 nitrogen and oxygen atoms in total. The summed E-state index contributed by atoms with van der Waals surface area (Å²) in [4.78, 5) is 4.31. The van der Waals surface area contributed by atoms with Crippen molar-refractivity contribution >= 4 is 23.2 Å². The van der Waals surface area contributed by atoms with Gasteiger partial charge in [-0.25, -0.2) is 13.9 Å². The Morgan fingerprint density at radius 3 is 2.73 bits per heavy atom. The molecule has 1 aliphatic carbocycles. The van der Waals surface area contributed by atoms with Crippen LogP contribution in [0.25, 0.3) is 5.52 Å². The molecule has 1 N–H and O–H groups in total. The standard InChI is InChI=1S/C16H21FN4S/c17-13-9-14(11-3-1-2-4-11)21-15(13)10-18-16(20-21)19-12-5-7-22-8-6-12/h9-12H,1-8H2,(H,19,20). The van der Waals surface area contributed by atoms with Gasteiger partial charge in [0, 0.05) is 17.7 Å². The van der Waals surface area contributed by atoms with E-state index in [9.17, 15) is 4.39 Å². The highest BCUT2D eigenvalue weighted by atomic mass is 32.2. The molecule has 1 saturated heterocycles. The van der Waals surface area contributed by atoms with Crippen LogP contribution in [0.5, 0.6) is 0 Å². The Morgan fingerprint density at radius 2 is 1.95 bits per heavy atom. The first kappa shape index (κ1) is 14.3. The molecule has 2 fully saturated rings. The van der Waals surface area contributed by atoms with Crippen LogP contribution in [0.2, 0.25) is 0 Å². The van der Waals surface area contributed by atoms with Crippen molar-refractivity contribution < 1.29 is 4.39 Å². The molecule has 0 spiro atoms. The summed E-state index contributed by atoms with van der Waals surface area (Å²) in [5.74, 6) is 3.23. The Labute approximate surface area is 133 Å². The first-order valence-electron chi connectivity index (χ1n) is 8.20. The van der Waals surface area contributed by atoms with Gasteiger partial charge in [-0.15, -0.1) is 5.10 Å². The van der Waals surface area contributed by atoms with Gasteiger partial charge in [-0.05, 0) is 43.3 Å². The summed E-state index contributed by atoms with van der Waals surface area (Å²) in [5, 5.41) is 8.00. The normalized spacial score (nSPS) is 20.8. The number of fused-ring (bicyclic) bond motifs is 1. The number of thioether (sulfide) groups is 1. The van der Waals surface area contributed by atoms with Crippen LogP contribution < -0.4 is 5.32 Å². The summed E-state index contributed by atoms with van der Waals surface area (Å²) >= 11 is 2.00. The summed E-state index contributed by atoms with van der Waals surface area (Å²) in [7, 11) is 0. The van der Waals surface area contributed by atoms with E-state index in [1.165, 1.54) is 24.3 Å². The first-order chi connectivity index (χ1) is 10.8. The second-order valence-electron chi connectivity index (χ2n) is 6.31. The van der Waals surface area contributed by atoms with Crippen LogP contribution in [0.3, 0.4) is 0 Å². The van der Waals surface area contributed by atoms with Crippen LogP contribution in [0, 0.1) is 5.82 Å². The van der Waals surface area contributed by atoms with Crippen molar-refractivity contribution in [3.05, 3.63) is 23.8 Å². The van der Waals surface area contributed by atoms with E-state index in [-0.39, 0.29) is 5.82 Å². The minimum Gasteiger partial charge on any atom is -0.350 e. The number of hydrogen-bond acceptors (Lipinski definition) is 4. The van der Waals surface area contributed by atoms with Crippen LogP contribution in [-0.4, -0.2) is 32.1 Å². The van der Waals surface area contributed by atoms with E-state index in [1.54, 1.807) is 16.8 Å². The average molecular weight is 320 g/mol. The summed E-state index contributed by atoms with van der Waals surface area (Å²) in [6, 6.07) is 2.09. The van der Waals surface area contributed by atoms with Crippen molar-refractivity contribution in [2.75, 3.05) is 16.8 Å². The lowest BCUT2D eigenvalue weighted by Crippen LogP contribution is -2.26. The molecule has 22 heavy (non-hydrogen) atoms. The molecule has 0 amide bonds. The van der Waals surface area contributed by atoms with Crippen LogP contribution in [0.4, 0.5) is 10.3 Å². The van der Waals surface area contributed by atoms with E-state index in [1.807, 2.05) is 11.8 Å². The van der Waals surface area contributed by atoms with E-state index in [4.69, 9.17) is 0 Å². The highest BCUT2D eigenvalue weighted by Gasteiger charge is 2.23. The van der Waals surface area contributed by atoms with Gasteiger partial charge in [0.25, 0.3) is 0 Å². The van der Waals surface area contributed by atoms with Crippen molar-refractivity contribution in [2.45, 2.75) is 50.5 Å². The zero-order chi connectivity index (χ0) is 14.9. The lowest BCUT2D eigenvalue weighted by atomic mass is 10.1. The summed E-state index contributed by atoms with van der Waals surface area (Å²) in [6.45, 7) is 0. The zero-order valence-corrected chi connectivity index (χ0v) is 13.4. The quantitative estimate of drug-likeness (QED) is 0.933. The molecule has 3 heterocycles. The molecule has 1 saturated carbocycles. The fraction of sp³-hybridized carbons (Fsp3) is 0.625. The molecule has 0 bridgehead atoms. The van der Waals surface area contributed by atoms with Gasteiger partial charge in [-0.3, -0.25) is 0 Å². The number of nitrogens with zero attached hydrogens (tertiary/aromatic N) is 3. The Hall–Kier alpha value is -1.30. The second kappa shape index (κ2) is 6.07. The summed E-state index contributed by atoms with van der Waals surface area (Å²) in [6.07, 6.45) is 8.63. The first-order valence-corrected chi connectivity index (χ1v) is 9.35. The SMILES string of the molecule is Fc1cc(C2CCCC2)n2nc(NC3CCSCC3)ncc12. The molecule has 0 unspecified atom stereocenters. The highest BCUT2D eigenvalue weighted by Crippen LogP contribution is 2.35. The second-order valence-corrected chi connectivity index (χ2v) is 7.53. The molecule has 118 valence electrons. The predicted octanol–water partition coefficient (Wildman–Crippen LogP) is 3.83. The van der Waals surface area contributed by atoms with Crippen molar-refractivity contribution in [3.8, 4) is 0 Å². The van der Waals surface area contributed by atoms with Crippen LogP contribution in [0.15, 0.2) is 12.3 Å². The number of hydrogen-bond donors (Lipinski definition) is 1. The van der Waals surface area contributed by atoms with E-state index >= 15 is 0 Å². The van der Waals surface area contributed by atoms with Crippen LogP contribution in [-0.2, 0) is 0 Å². The number of aromatic nitrogens is 3. The van der Waals surface area contributed by atoms with Gasteiger partial charge in [-0.1, -0.05) is 12.8 Å². The molecule has 4 rings (SSSR count). The molecular formula is C16H21FN4S. The molecular weight excluding hydrogens is 299 g/mol. The number of nitrogens with one attached hydrogen (secondary N) is 1. The number of rotatable bonds is 3.